The van der Waals surface area contributed by atoms with Gasteiger partial charge in [-0.3, -0.25) is 0 Å². The Morgan fingerprint density at radius 3 is 2.52 bits per heavy atom. The number of ether oxygens (including phenoxy) is 1. The molecule has 0 aliphatic carbocycles. The van der Waals surface area contributed by atoms with E-state index in [1.165, 1.54) is 0 Å². The van der Waals surface area contributed by atoms with Crippen LogP contribution in [-0.2, 0) is 13.2 Å². The van der Waals surface area contributed by atoms with E-state index in [9.17, 15) is 0 Å². The Bertz CT molecular complexity index is 800. The van der Waals surface area contributed by atoms with Crippen molar-refractivity contribution in [2.45, 2.75) is 19.6 Å². The van der Waals surface area contributed by atoms with Crippen molar-refractivity contribution in [3.8, 4) is 5.75 Å². The minimum atomic E-state index is 0.123. The Hall–Kier alpha value is -1.75. The number of imidazole rings is 1. The molecule has 6 heteroatoms. The van der Waals surface area contributed by atoms with E-state index in [1.807, 2.05) is 34.9 Å². The van der Waals surface area contributed by atoms with Gasteiger partial charge in [0.25, 0.3) is 0 Å². The molecule has 0 amide bonds. The standard InChI is InChI=1S/C17H16Cl2N2O2/c18-12-2-5-14(6-3-12)23-11-17-20-15-7-4-13(19)10-16(15)21(17)8-1-9-22/h2-7,10,22H,1,8-9,11H2. The van der Waals surface area contributed by atoms with Crippen molar-refractivity contribution >= 4 is 34.2 Å². The Morgan fingerprint density at radius 2 is 1.78 bits per heavy atom. The largest absolute Gasteiger partial charge is 0.486 e. The van der Waals surface area contributed by atoms with E-state index in [0.717, 1.165) is 22.6 Å². The van der Waals surface area contributed by atoms with Crippen LogP contribution in [0.25, 0.3) is 11.0 Å². The average molecular weight is 351 g/mol. The molecule has 1 N–H and O–H groups in total. The number of rotatable bonds is 6. The molecule has 0 aliphatic heterocycles. The maximum atomic E-state index is 9.11. The van der Waals surface area contributed by atoms with E-state index in [0.29, 0.717) is 29.6 Å². The van der Waals surface area contributed by atoms with Crippen LogP contribution in [0.15, 0.2) is 42.5 Å². The molecule has 0 saturated heterocycles. The highest BCUT2D eigenvalue weighted by Crippen LogP contribution is 2.23. The minimum absolute atomic E-state index is 0.123. The lowest BCUT2D eigenvalue weighted by molar-refractivity contribution is 0.269. The van der Waals surface area contributed by atoms with Crippen LogP contribution in [0.1, 0.15) is 12.2 Å². The smallest absolute Gasteiger partial charge is 0.147 e. The van der Waals surface area contributed by atoms with Gasteiger partial charge in [0.15, 0.2) is 0 Å². The summed E-state index contributed by atoms with van der Waals surface area (Å²) < 4.78 is 7.83. The molecular weight excluding hydrogens is 335 g/mol. The van der Waals surface area contributed by atoms with E-state index in [1.54, 1.807) is 12.1 Å². The molecule has 0 aliphatic rings. The second kappa shape index (κ2) is 7.21. The van der Waals surface area contributed by atoms with Crippen molar-refractivity contribution in [2.24, 2.45) is 0 Å². The van der Waals surface area contributed by atoms with Crippen molar-refractivity contribution in [3.05, 3.63) is 58.3 Å². The van der Waals surface area contributed by atoms with Crippen LogP contribution in [0.3, 0.4) is 0 Å². The lowest BCUT2D eigenvalue weighted by Gasteiger charge is -2.10. The second-order valence-corrected chi connectivity index (χ2v) is 6.01. The van der Waals surface area contributed by atoms with E-state index < -0.39 is 0 Å². The molecule has 4 nitrogen and oxygen atoms in total. The van der Waals surface area contributed by atoms with Crippen LogP contribution < -0.4 is 4.74 Å². The predicted octanol–water partition coefficient (Wildman–Crippen LogP) is 4.30. The van der Waals surface area contributed by atoms with Crippen LogP contribution >= 0.6 is 23.2 Å². The van der Waals surface area contributed by atoms with Crippen LogP contribution in [0, 0.1) is 0 Å². The van der Waals surface area contributed by atoms with Gasteiger partial charge in [0.1, 0.15) is 18.2 Å². The molecule has 0 atom stereocenters. The van der Waals surface area contributed by atoms with Gasteiger partial charge in [0.05, 0.1) is 11.0 Å². The second-order valence-electron chi connectivity index (χ2n) is 5.13. The van der Waals surface area contributed by atoms with Crippen LogP contribution in [0.2, 0.25) is 10.0 Å². The zero-order valence-corrected chi connectivity index (χ0v) is 13.9. The summed E-state index contributed by atoms with van der Waals surface area (Å²) in [5.74, 6) is 1.53. The van der Waals surface area contributed by atoms with E-state index in [4.69, 9.17) is 33.0 Å². The van der Waals surface area contributed by atoms with Gasteiger partial charge in [-0.25, -0.2) is 4.98 Å². The average Bonchev–Trinajstić information content (AvgIpc) is 2.89. The fourth-order valence-corrected chi connectivity index (χ4v) is 2.71. The van der Waals surface area contributed by atoms with Crippen molar-refractivity contribution in [3.63, 3.8) is 0 Å². The molecule has 23 heavy (non-hydrogen) atoms. The Balaban J connectivity index is 1.87. The van der Waals surface area contributed by atoms with Crippen LogP contribution in [-0.4, -0.2) is 21.3 Å². The summed E-state index contributed by atoms with van der Waals surface area (Å²) in [6.45, 7) is 1.11. The number of nitrogens with zero attached hydrogens (tertiary/aromatic N) is 2. The Kier molecular flexibility index (Phi) is 5.06. The number of aliphatic hydroxyl groups excluding tert-OH is 1. The molecule has 2 aromatic carbocycles. The molecule has 1 heterocycles. The summed E-state index contributed by atoms with van der Waals surface area (Å²) in [5.41, 5.74) is 1.81. The Morgan fingerprint density at radius 1 is 1.04 bits per heavy atom. The highest BCUT2D eigenvalue weighted by molar-refractivity contribution is 6.31. The lowest BCUT2D eigenvalue weighted by atomic mass is 10.3. The first-order chi connectivity index (χ1) is 11.2. The highest BCUT2D eigenvalue weighted by atomic mass is 35.5. The zero-order chi connectivity index (χ0) is 16.2. The van der Waals surface area contributed by atoms with E-state index in [-0.39, 0.29) is 6.61 Å². The lowest BCUT2D eigenvalue weighted by Crippen LogP contribution is -2.08. The van der Waals surface area contributed by atoms with Crippen molar-refractivity contribution in [2.75, 3.05) is 6.61 Å². The fourth-order valence-electron chi connectivity index (χ4n) is 2.41. The van der Waals surface area contributed by atoms with Gasteiger partial charge in [0.2, 0.25) is 0 Å². The highest BCUT2D eigenvalue weighted by Gasteiger charge is 2.11. The van der Waals surface area contributed by atoms with Gasteiger partial charge in [-0.1, -0.05) is 23.2 Å². The fraction of sp³-hybridized carbons (Fsp3) is 0.235. The third kappa shape index (κ3) is 3.78. The normalized spacial score (nSPS) is 11.1. The summed E-state index contributed by atoms with van der Waals surface area (Å²) in [6, 6.07) is 12.8. The van der Waals surface area contributed by atoms with Crippen molar-refractivity contribution in [1.29, 1.82) is 0 Å². The molecule has 0 bridgehead atoms. The number of aryl methyl sites for hydroxylation is 1. The van der Waals surface area contributed by atoms with E-state index >= 15 is 0 Å². The molecule has 3 rings (SSSR count). The summed E-state index contributed by atoms with van der Waals surface area (Å²) in [5, 5.41) is 10.4. The van der Waals surface area contributed by atoms with Gasteiger partial charge in [0, 0.05) is 23.2 Å². The summed E-state index contributed by atoms with van der Waals surface area (Å²) in [7, 11) is 0. The number of benzene rings is 2. The third-order valence-electron chi connectivity index (χ3n) is 3.51. The molecule has 0 saturated carbocycles. The molecule has 0 unspecified atom stereocenters. The maximum Gasteiger partial charge on any atom is 0.147 e. The molecule has 0 radical (unpaired) electrons. The maximum absolute atomic E-state index is 9.11. The van der Waals surface area contributed by atoms with Gasteiger partial charge in [-0.2, -0.15) is 0 Å². The van der Waals surface area contributed by atoms with Crippen molar-refractivity contribution in [1.82, 2.24) is 9.55 Å². The number of halogens is 2. The molecule has 120 valence electrons. The van der Waals surface area contributed by atoms with Gasteiger partial charge >= 0.3 is 0 Å². The monoisotopic (exact) mass is 350 g/mol. The predicted molar refractivity (Wildman–Crippen MR) is 92.2 cm³/mol. The number of aliphatic hydroxyl groups is 1. The number of aromatic nitrogens is 2. The SMILES string of the molecule is OCCCn1c(COc2ccc(Cl)cc2)nc2ccc(Cl)cc21. The van der Waals surface area contributed by atoms with Crippen LogP contribution in [0.5, 0.6) is 5.75 Å². The molecule has 3 aromatic rings. The number of hydrogen-bond acceptors (Lipinski definition) is 3. The third-order valence-corrected chi connectivity index (χ3v) is 4.00. The first-order valence-electron chi connectivity index (χ1n) is 7.31. The molecule has 1 aromatic heterocycles. The Labute approximate surface area is 144 Å². The molecule has 0 fully saturated rings. The van der Waals surface area contributed by atoms with E-state index in [2.05, 4.69) is 4.98 Å². The first-order valence-corrected chi connectivity index (χ1v) is 8.07. The first kappa shape index (κ1) is 16.1. The minimum Gasteiger partial charge on any atom is -0.486 e. The molecular formula is C17H16Cl2N2O2. The van der Waals surface area contributed by atoms with Crippen molar-refractivity contribution < 1.29 is 9.84 Å². The topological polar surface area (TPSA) is 47.3 Å². The van der Waals surface area contributed by atoms with Gasteiger partial charge in [-0.05, 0) is 48.9 Å². The summed E-state index contributed by atoms with van der Waals surface area (Å²) >= 11 is 12.0. The quantitative estimate of drug-likeness (QED) is 0.720. The number of hydrogen-bond donors (Lipinski definition) is 1. The van der Waals surface area contributed by atoms with Crippen LogP contribution in [0.4, 0.5) is 0 Å². The van der Waals surface area contributed by atoms with Gasteiger partial charge < -0.3 is 14.4 Å². The van der Waals surface area contributed by atoms with Gasteiger partial charge in [-0.15, -0.1) is 0 Å². The zero-order valence-electron chi connectivity index (χ0n) is 12.4. The number of fused-ring (bicyclic) bond motifs is 1. The molecule has 0 spiro atoms. The summed E-state index contributed by atoms with van der Waals surface area (Å²) in [6.07, 6.45) is 0.645. The summed E-state index contributed by atoms with van der Waals surface area (Å²) in [4.78, 5) is 4.61.